The summed E-state index contributed by atoms with van der Waals surface area (Å²) in [6.45, 7) is 2.07. The maximum absolute atomic E-state index is 12.5. The number of benzene rings is 2. The van der Waals surface area contributed by atoms with E-state index in [1.807, 2.05) is 48.5 Å². The molecule has 2 aromatic carbocycles. The van der Waals surface area contributed by atoms with Crippen LogP contribution in [0.5, 0.6) is 5.75 Å². The first kappa shape index (κ1) is 17.5. The lowest BCUT2D eigenvalue weighted by atomic mass is 9.76. The summed E-state index contributed by atoms with van der Waals surface area (Å²) in [7, 11) is 1.65. The van der Waals surface area contributed by atoms with Crippen molar-refractivity contribution in [3.63, 3.8) is 0 Å². The van der Waals surface area contributed by atoms with Gasteiger partial charge in [-0.05, 0) is 60.6 Å². The molecule has 0 unspecified atom stereocenters. The fourth-order valence-electron chi connectivity index (χ4n) is 3.38. The molecule has 1 saturated carbocycles. The van der Waals surface area contributed by atoms with Crippen LogP contribution in [0, 0.1) is 5.92 Å². The Morgan fingerprint density at radius 1 is 1.20 bits per heavy atom. The summed E-state index contributed by atoms with van der Waals surface area (Å²) in [5, 5.41) is 12.6. The molecule has 3 rings (SSSR count). The van der Waals surface area contributed by atoms with E-state index in [0.29, 0.717) is 11.5 Å². The monoisotopic (exact) mass is 339 g/mol. The van der Waals surface area contributed by atoms with Crippen molar-refractivity contribution in [1.82, 2.24) is 5.32 Å². The highest BCUT2D eigenvalue weighted by Crippen LogP contribution is 2.31. The molecule has 0 heterocycles. The van der Waals surface area contributed by atoms with Crippen LogP contribution in [-0.4, -0.2) is 30.3 Å². The molecule has 1 amide bonds. The van der Waals surface area contributed by atoms with Gasteiger partial charge in [-0.15, -0.1) is 0 Å². The Morgan fingerprint density at radius 2 is 1.92 bits per heavy atom. The maximum Gasteiger partial charge on any atom is 0.251 e. The number of nitrogens with one attached hydrogen (secondary N) is 1. The van der Waals surface area contributed by atoms with Gasteiger partial charge in [-0.1, -0.05) is 31.2 Å². The maximum atomic E-state index is 12.5. The van der Waals surface area contributed by atoms with Crippen molar-refractivity contribution in [2.24, 2.45) is 5.92 Å². The number of carbonyl (C=O) groups excluding carboxylic acids is 1. The summed E-state index contributed by atoms with van der Waals surface area (Å²) in [5.74, 6) is 1.15. The van der Waals surface area contributed by atoms with E-state index in [2.05, 4.69) is 12.2 Å². The molecule has 2 N–H and O–H groups in total. The molecule has 1 fully saturated rings. The lowest BCUT2D eigenvalue weighted by Crippen LogP contribution is -2.46. The second-order valence-electron chi connectivity index (χ2n) is 6.68. The van der Waals surface area contributed by atoms with Crippen LogP contribution in [0.3, 0.4) is 0 Å². The zero-order valence-electron chi connectivity index (χ0n) is 14.7. The van der Waals surface area contributed by atoms with Crippen molar-refractivity contribution in [2.75, 3.05) is 7.11 Å². The second kappa shape index (κ2) is 7.70. The van der Waals surface area contributed by atoms with Crippen molar-refractivity contribution in [1.29, 1.82) is 0 Å². The molecule has 0 radical (unpaired) electrons. The second-order valence-corrected chi connectivity index (χ2v) is 6.68. The summed E-state index contributed by atoms with van der Waals surface area (Å²) < 4.78 is 5.26. The van der Waals surface area contributed by atoms with E-state index in [9.17, 15) is 9.90 Å². The molecule has 1 atom stereocenters. The summed E-state index contributed by atoms with van der Waals surface area (Å²) in [6, 6.07) is 15.6. The van der Waals surface area contributed by atoms with Gasteiger partial charge in [0.15, 0.2) is 0 Å². The fourth-order valence-corrected chi connectivity index (χ4v) is 3.38. The molecular formula is C21H25NO3. The molecule has 132 valence electrons. The summed E-state index contributed by atoms with van der Waals surface area (Å²) in [6.07, 6.45) is 2.25. The number of rotatable bonds is 6. The lowest BCUT2D eigenvalue weighted by molar-refractivity contribution is 0.0232. The summed E-state index contributed by atoms with van der Waals surface area (Å²) >= 11 is 0. The Morgan fingerprint density at radius 3 is 2.52 bits per heavy atom. The highest BCUT2D eigenvalue weighted by Gasteiger charge is 2.33. The molecule has 0 spiro atoms. The van der Waals surface area contributed by atoms with Gasteiger partial charge in [0.25, 0.3) is 5.91 Å². The Balaban J connectivity index is 1.67. The quantitative estimate of drug-likeness (QED) is 0.845. The van der Waals surface area contributed by atoms with Gasteiger partial charge in [0.1, 0.15) is 5.75 Å². The number of aliphatic hydroxyl groups excluding tert-OH is 1. The zero-order chi connectivity index (χ0) is 17.8. The molecule has 25 heavy (non-hydrogen) atoms. The first-order valence-electron chi connectivity index (χ1n) is 8.84. The molecule has 4 nitrogen and oxygen atoms in total. The molecule has 0 saturated heterocycles. The van der Waals surface area contributed by atoms with E-state index in [1.54, 1.807) is 7.11 Å². The van der Waals surface area contributed by atoms with Gasteiger partial charge in [-0.2, -0.15) is 0 Å². The molecule has 0 aromatic heterocycles. The molecular weight excluding hydrogens is 314 g/mol. The standard InChI is InChI=1S/C21H25NO3/c1-3-20(17-11-18(23)12-17)22-21(24)15-9-7-14(8-10-15)16-5-4-6-19(13-16)25-2/h4-10,13,17-18,20,23H,3,11-12H2,1-2H3,(H,22,24)/t17?,18?,20-/m1/s1. The minimum Gasteiger partial charge on any atom is -0.497 e. The minimum atomic E-state index is -0.196. The van der Waals surface area contributed by atoms with Gasteiger partial charge in [0, 0.05) is 11.6 Å². The average molecular weight is 339 g/mol. The third kappa shape index (κ3) is 4.02. The number of amides is 1. The number of methoxy groups -OCH3 is 1. The van der Waals surface area contributed by atoms with E-state index >= 15 is 0 Å². The molecule has 1 aliphatic carbocycles. The third-order valence-electron chi connectivity index (χ3n) is 5.03. The van der Waals surface area contributed by atoms with E-state index < -0.39 is 0 Å². The van der Waals surface area contributed by atoms with Crippen molar-refractivity contribution < 1.29 is 14.6 Å². The van der Waals surface area contributed by atoms with Crippen molar-refractivity contribution in [3.8, 4) is 16.9 Å². The van der Waals surface area contributed by atoms with Gasteiger partial charge in [0.05, 0.1) is 13.2 Å². The van der Waals surface area contributed by atoms with Gasteiger partial charge in [-0.3, -0.25) is 4.79 Å². The topological polar surface area (TPSA) is 58.6 Å². The SMILES string of the molecule is CC[C@@H](NC(=O)c1ccc(-c2cccc(OC)c2)cc1)C1CC(O)C1. The van der Waals surface area contributed by atoms with Crippen LogP contribution in [0.4, 0.5) is 0 Å². The normalized spacial score (nSPS) is 20.4. The van der Waals surface area contributed by atoms with Gasteiger partial charge in [-0.25, -0.2) is 0 Å². The number of aliphatic hydroxyl groups is 1. The van der Waals surface area contributed by atoms with Crippen LogP contribution in [-0.2, 0) is 0 Å². The fraction of sp³-hybridized carbons (Fsp3) is 0.381. The molecule has 0 bridgehead atoms. The van der Waals surface area contributed by atoms with Gasteiger partial charge in [0.2, 0.25) is 0 Å². The Labute approximate surface area is 148 Å². The Kier molecular flexibility index (Phi) is 5.39. The molecule has 4 heteroatoms. The van der Waals surface area contributed by atoms with Crippen molar-refractivity contribution in [3.05, 3.63) is 54.1 Å². The zero-order valence-corrected chi connectivity index (χ0v) is 14.7. The van der Waals surface area contributed by atoms with Crippen molar-refractivity contribution >= 4 is 5.91 Å². The highest BCUT2D eigenvalue weighted by molar-refractivity contribution is 5.94. The Bertz CT molecular complexity index is 720. The summed E-state index contributed by atoms with van der Waals surface area (Å²) in [4.78, 5) is 12.5. The molecule has 1 aliphatic rings. The van der Waals surface area contributed by atoms with Crippen LogP contribution in [0.2, 0.25) is 0 Å². The van der Waals surface area contributed by atoms with Crippen LogP contribution < -0.4 is 10.1 Å². The predicted octanol–water partition coefficient (Wildman–Crippen LogP) is 3.64. The molecule has 2 aromatic rings. The van der Waals surface area contributed by atoms with E-state index in [1.165, 1.54) is 0 Å². The number of hydrogen-bond acceptors (Lipinski definition) is 3. The van der Waals surface area contributed by atoms with Crippen LogP contribution in [0.1, 0.15) is 36.5 Å². The first-order valence-corrected chi connectivity index (χ1v) is 8.84. The first-order chi connectivity index (χ1) is 12.1. The van der Waals surface area contributed by atoms with Crippen molar-refractivity contribution in [2.45, 2.75) is 38.3 Å². The average Bonchev–Trinajstić information content (AvgIpc) is 2.64. The smallest absolute Gasteiger partial charge is 0.251 e. The van der Waals surface area contributed by atoms with E-state index in [-0.39, 0.29) is 18.1 Å². The Hall–Kier alpha value is -2.33. The summed E-state index contributed by atoms with van der Waals surface area (Å²) in [5.41, 5.74) is 2.76. The number of ether oxygens (including phenoxy) is 1. The largest absolute Gasteiger partial charge is 0.497 e. The van der Waals surface area contributed by atoms with Crippen LogP contribution in [0.25, 0.3) is 11.1 Å². The predicted molar refractivity (Wildman–Crippen MR) is 98.7 cm³/mol. The van der Waals surface area contributed by atoms with E-state index in [4.69, 9.17) is 4.74 Å². The lowest BCUT2D eigenvalue weighted by Gasteiger charge is -2.37. The van der Waals surface area contributed by atoms with Crippen LogP contribution in [0.15, 0.2) is 48.5 Å². The number of carbonyl (C=O) groups is 1. The van der Waals surface area contributed by atoms with E-state index in [0.717, 1.165) is 36.1 Å². The third-order valence-corrected chi connectivity index (χ3v) is 5.03. The number of hydrogen-bond donors (Lipinski definition) is 2. The van der Waals surface area contributed by atoms with Crippen LogP contribution >= 0.6 is 0 Å². The van der Waals surface area contributed by atoms with Gasteiger partial charge < -0.3 is 15.2 Å². The highest BCUT2D eigenvalue weighted by atomic mass is 16.5. The van der Waals surface area contributed by atoms with Gasteiger partial charge >= 0.3 is 0 Å². The minimum absolute atomic E-state index is 0.0505. The molecule has 0 aliphatic heterocycles.